The summed E-state index contributed by atoms with van der Waals surface area (Å²) >= 11 is 6.05. The Bertz CT molecular complexity index is 743. The summed E-state index contributed by atoms with van der Waals surface area (Å²) < 4.78 is 25.0. The quantitative estimate of drug-likeness (QED) is 0.938. The molecule has 0 aliphatic rings. The Balaban J connectivity index is 2.22. The molecule has 0 spiro atoms. The number of nitrogens with one attached hydrogen (secondary N) is 1. The van der Waals surface area contributed by atoms with E-state index in [9.17, 15) is 8.42 Å². The molecule has 2 rings (SSSR count). The van der Waals surface area contributed by atoms with Crippen molar-refractivity contribution in [3.63, 3.8) is 0 Å². The van der Waals surface area contributed by atoms with E-state index in [1.165, 1.54) is 26.4 Å². The summed E-state index contributed by atoms with van der Waals surface area (Å²) in [4.78, 5) is 4.27. The van der Waals surface area contributed by atoms with Gasteiger partial charge < -0.3 is 5.32 Å². The Morgan fingerprint density at radius 1 is 1.19 bits per heavy atom. The molecule has 0 unspecified atom stereocenters. The van der Waals surface area contributed by atoms with Crippen molar-refractivity contribution in [1.82, 2.24) is 9.29 Å². The summed E-state index contributed by atoms with van der Waals surface area (Å²) in [7, 11) is -0.493. The zero-order valence-corrected chi connectivity index (χ0v) is 13.5. The third-order valence-corrected chi connectivity index (χ3v) is 5.17. The smallest absolute Gasteiger partial charge is 0.244 e. The second-order valence-electron chi connectivity index (χ2n) is 4.76. The minimum absolute atomic E-state index is 0.153. The van der Waals surface area contributed by atoms with Crippen molar-refractivity contribution in [2.75, 3.05) is 19.4 Å². The fourth-order valence-electron chi connectivity index (χ4n) is 1.64. The number of hydrogen-bond acceptors (Lipinski definition) is 4. The van der Waals surface area contributed by atoms with E-state index in [-0.39, 0.29) is 4.90 Å². The molecule has 1 aromatic carbocycles. The largest absolute Gasteiger partial charge is 0.340 e. The summed E-state index contributed by atoms with van der Waals surface area (Å²) in [6, 6.07) is 8.70. The molecule has 0 fully saturated rings. The van der Waals surface area contributed by atoms with Gasteiger partial charge in [-0.3, -0.25) is 0 Å². The number of halogens is 1. The lowest BCUT2D eigenvalue weighted by Crippen LogP contribution is -2.22. The average Bonchev–Trinajstić information content (AvgIpc) is 2.43. The van der Waals surface area contributed by atoms with Crippen molar-refractivity contribution in [1.29, 1.82) is 0 Å². The Labute approximate surface area is 129 Å². The molecule has 0 radical (unpaired) electrons. The second-order valence-corrected chi connectivity index (χ2v) is 7.31. The van der Waals surface area contributed by atoms with E-state index in [4.69, 9.17) is 11.6 Å². The number of nitrogens with zero attached hydrogens (tertiary/aromatic N) is 2. The lowest BCUT2D eigenvalue weighted by Gasteiger charge is -2.12. The van der Waals surface area contributed by atoms with Crippen LogP contribution in [0.2, 0.25) is 5.02 Å². The summed E-state index contributed by atoms with van der Waals surface area (Å²) in [5.41, 5.74) is 1.78. The highest BCUT2D eigenvalue weighted by molar-refractivity contribution is 7.89. The van der Waals surface area contributed by atoms with Gasteiger partial charge in [0, 0.05) is 31.0 Å². The van der Waals surface area contributed by atoms with E-state index in [0.29, 0.717) is 10.8 Å². The molecule has 0 bridgehead atoms. The minimum atomic E-state index is -3.46. The molecule has 0 aliphatic heterocycles. The van der Waals surface area contributed by atoms with E-state index >= 15 is 0 Å². The van der Waals surface area contributed by atoms with Crippen molar-refractivity contribution >= 4 is 33.1 Å². The second kappa shape index (κ2) is 6.01. The molecular weight excluding hydrogens is 310 g/mol. The molecule has 1 heterocycles. The van der Waals surface area contributed by atoms with Gasteiger partial charge in [0.05, 0.1) is 0 Å². The van der Waals surface area contributed by atoms with Gasteiger partial charge in [-0.2, -0.15) is 0 Å². The van der Waals surface area contributed by atoms with Crippen LogP contribution in [0.1, 0.15) is 5.56 Å². The molecule has 0 saturated heterocycles. The molecule has 0 aliphatic carbocycles. The Hall–Kier alpha value is -1.63. The van der Waals surface area contributed by atoms with Crippen molar-refractivity contribution in [3.05, 3.63) is 47.1 Å². The first-order valence-electron chi connectivity index (χ1n) is 6.22. The van der Waals surface area contributed by atoms with Gasteiger partial charge in [0.2, 0.25) is 10.0 Å². The Kier molecular flexibility index (Phi) is 4.51. The topological polar surface area (TPSA) is 62.3 Å². The van der Waals surface area contributed by atoms with Crippen LogP contribution >= 0.6 is 11.6 Å². The number of anilines is 2. The van der Waals surface area contributed by atoms with Crippen LogP contribution in [-0.4, -0.2) is 31.8 Å². The first-order valence-corrected chi connectivity index (χ1v) is 8.04. The van der Waals surface area contributed by atoms with E-state index in [1.54, 1.807) is 12.1 Å². The van der Waals surface area contributed by atoms with Gasteiger partial charge in [-0.05, 0) is 36.8 Å². The van der Waals surface area contributed by atoms with Crippen molar-refractivity contribution in [3.8, 4) is 0 Å². The monoisotopic (exact) mass is 325 g/mol. The molecule has 0 atom stereocenters. The summed E-state index contributed by atoms with van der Waals surface area (Å²) in [5, 5.41) is 3.73. The third-order valence-electron chi connectivity index (χ3n) is 2.96. The van der Waals surface area contributed by atoms with Crippen LogP contribution in [0.3, 0.4) is 0 Å². The first kappa shape index (κ1) is 15.8. The Morgan fingerprint density at radius 3 is 2.43 bits per heavy atom. The van der Waals surface area contributed by atoms with Crippen LogP contribution in [0.15, 0.2) is 41.4 Å². The predicted octanol–water partition coefficient (Wildman–Crippen LogP) is 3.04. The normalized spacial score (nSPS) is 11.7. The van der Waals surface area contributed by atoms with Crippen LogP contribution < -0.4 is 5.32 Å². The standard InChI is InChI=1S/C14H16ClN3O2S/c1-10-4-5-11(8-13(10)15)17-14-7-6-12(9-16-14)21(19,20)18(2)3/h4-9H,1-3H3,(H,16,17). The maximum absolute atomic E-state index is 11.9. The fourth-order valence-corrected chi connectivity index (χ4v) is 2.66. The molecule has 2 aromatic rings. The van der Waals surface area contributed by atoms with Gasteiger partial charge in [-0.15, -0.1) is 0 Å². The SMILES string of the molecule is Cc1ccc(Nc2ccc(S(=O)(=O)N(C)C)cn2)cc1Cl. The highest BCUT2D eigenvalue weighted by Gasteiger charge is 2.17. The van der Waals surface area contributed by atoms with E-state index < -0.39 is 10.0 Å². The van der Waals surface area contributed by atoms with Gasteiger partial charge in [-0.1, -0.05) is 17.7 Å². The van der Waals surface area contributed by atoms with Gasteiger partial charge >= 0.3 is 0 Å². The summed E-state index contributed by atoms with van der Waals surface area (Å²) in [6.07, 6.45) is 1.33. The van der Waals surface area contributed by atoms with Gasteiger partial charge in [-0.25, -0.2) is 17.7 Å². The number of sulfonamides is 1. The van der Waals surface area contributed by atoms with Crippen LogP contribution in [0.5, 0.6) is 0 Å². The molecule has 1 N–H and O–H groups in total. The molecule has 7 heteroatoms. The molecular formula is C14H16ClN3O2S. The number of pyridine rings is 1. The maximum atomic E-state index is 11.9. The number of aryl methyl sites for hydroxylation is 1. The average molecular weight is 326 g/mol. The van der Waals surface area contributed by atoms with Crippen molar-refractivity contribution < 1.29 is 8.42 Å². The van der Waals surface area contributed by atoms with E-state index in [1.807, 2.05) is 19.1 Å². The van der Waals surface area contributed by atoms with Crippen LogP contribution in [0, 0.1) is 6.92 Å². The van der Waals surface area contributed by atoms with Crippen molar-refractivity contribution in [2.24, 2.45) is 0 Å². The van der Waals surface area contributed by atoms with Gasteiger partial charge in [0.1, 0.15) is 10.7 Å². The molecule has 0 amide bonds. The summed E-state index contributed by atoms with van der Waals surface area (Å²) in [6.45, 7) is 1.92. The molecule has 1 aromatic heterocycles. The lowest BCUT2D eigenvalue weighted by molar-refractivity contribution is 0.520. The zero-order chi connectivity index (χ0) is 15.6. The minimum Gasteiger partial charge on any atom is -0.340 e. The molecule has 5 nitrogen and oxygen atoms in total. The highest BCUT2D eigenvalue weighted by atomic mass is 35.5. The fraction of sp³-hybridized carbons (Fsp3) is 0.214. The number of benzene rings is 1. The Morgan fingerprint density at radius 2 is 1.90 bits per heavy atom. The van der Waals surface area contributed by atoms with E-state index in [0.717, 1.165) is 15.6 Å². The number of hydrogen-bond donors (Lipinski definition) is 1. The van der Waals surface area contributed by atoms with Crippen LogP contribution in [-0.2, 0) is 10.0 Å². The number of aromatic nitrogens is 1. The van der Waals surface area contributed by atoms with Gasteiger partial charge in [0.25, 0.3) is 0 Å². The maximum Gasteiger partial charge on any atom is 0.244 e. The van der Waals surface area contributed by atoms with Crippen LogP contribution in [0.4, 0.5) is 11.5 Å². The van der Waals surface area contributed by atoms with E-state index in [2.05, 4.69) is 10.3 Å². The predicted molar refractivity (Wildman–Crippen MR) is 84.6 cm³/mol. The zero-order valence-electron chi connectivity index (χ0n) is 12.0. The third kappa shape index (κ3) is 3.53. The molecule has 0 saturated carbocycles. The molecule has 21 heavy (non-hydrogen) atoms. The lowest BCUT2D eigenvalue weighted by atomic mass is 10.2. The first-order chi connectivity index (χ1) is 9.80. The number of rotatable bonds is 4. The van der Waals surface area contributed by atoms with Crippen molar-refractivity contribution in [2.45, 2.75) is 11.8 Å². The summed E-state index contributed by atoms with van der Waals surface area (Å²) in [5.74, 6) is 0.549. The molecule has 112 valence electrons. The highest BCUT2D eigenvalue weighted by Crippen LogP contribution is 2.23. The van der Waals surface area contributed by atoms with Crippen LogP contribution in [0.25, 0.3) is 0 Å². The van der Waals surface area contributed by atoms with Gasteiger partial charge in [0.15, 0.2) is 0 Å².